The third-order valence-corrected chi connectivity index (χ3v) is 7.87. The summed E-state index contributed by atoms with van der Waals surface area (Å²) in [5.41, 5.74) is 1.21. The minimum absolute atomic E-state index is 0.160. The Morgan fingerprint density at radius 1 is 0.758 bits per heavy atom. The van der Waals surface area contributed by atoms with E-state index in [-0.39, 0.29) is 16.4 Å². The van der Waals surface area contributed by atoms with E-state index in [4.69, 9.17) is 0 Å². The van der Waals surface area contributed by atoms with E-state index in [0.29, 0.717) is 11.4 Å². The number of benzene rings is 4. The second-order valence-electron chi connectivity index (χ2n) is 7.17. The maximum atomic E-state index is 13.3. The van der Waals surface area contributed by atoms with E-state index >= 15 is 0 Å². The van der Waals surface area contributed by atoms with Gasteiger partial charge in [-0.1, -0.05) is 72.4 Å². The van der Waals surface area contributed by atoms with Crippen LogP contribution in [-0.2, 0) is 10.0 Å². The van der Waals surface area contributed by atoms with E-state index in [2.05, 4.69) is 5.32 Å². The van der Waals surface area contributed by atoms with E-state index in [9.17, 15) is 13.2 Å². The summed E-state index contributed by atoms with van der Waals surface area (Å²) >= 11 is 1.54. The van der Waals surface area contributed by atoms with Crippen LogP contribution in [-0.4, -0.2) is 21.4 Å². The van der Waals surface area contributed by atoms with Crippen LogP contribution >= 0.6 is 11.8 Å². The first-order valence-corrected chi connectivity index (χ1v) is 12.5. The van der Waals surface area contributed by atoms with E-state index in [1.54, 1.807) is 54.2 Å². The van der Waals surface area contributed by atoms with Gasteiger partial charge in [-0.15, -0.1) is 0 Å². The van der Waals surface area contributed by atoms with Crippen LogP contribution in [0.4, 0.5) is 11.4 Å². The van der Waals surface area contributed by atoms with Gasteiger partial charge in [0.15, 0.2) is 0 Å². The normalized spacial score (nSPS) is 11.1. The third-order valence-electron chi connectivity index (χ3n) is 5.00. The molecule has 0 aliphatic carbocycles. The molecule has 4 rings (SSSR count). The molecule has 166 valence electrons. The monoisotopic (exact) mass is 474 g/mol. The number of hydrogen-bond acceptors (Lipinski definition) is 4. The molecular formula is C26H22N2O3S2. The van der Waals surface area contributed by atoms with Crippen LogP contribution in [0.3, 0.4) is 0 Å². The van der Waals surface area contributed by atoms with Crippen molar-refractivity contribution in [1.82, 2.24) is 0 Å². The first-order chi connectivity index (χ1) is 16.0. The number of carbonyl (C=O) groups excluding carboxylic acids is 1. The van der Waals surface area contributed by atoms with Crippen molar-refractivity contribution in [2.75, 3.05) is 16.7 Å². The molecule has 0 unspecified atom stereocenters. The third kappa shape index (κ3) is 5.10. The van der Waals surface area contributed by atoms with E-state index in [1.807, 2.05) is 54.6 Å². The standard InChI is InChI=1S/C26H22N2O3S2/c1-28(33(30,31)21-14-6-3-7-15-21)24-18-10-8-16-22(24)26(29)27-23-17-9-11-19-25(23)32-20-12-4-2-5-13-20/h2-19H,1H3,(H,27,29). The molecule has 1 amide bonds. The van der Waals surface area contributed by atoms with Crippen molar-refractivity contribution in [3.63, 3.8) is 0 Å². The highest BCUT2D eigenvalue weighted by atomic mass is 32.2. The first kappa shape index (κ1) is 22.6. The van der Waals surface area contributed by atoms with Gasteiger partial charge in [0.1, 0.15) is 0 Å². The largest absolute Gasteiger partial charge is 0.321 e. The molecule has 0 aliphatic heterocycles. The minimum Gasteiger partial charge on any atom is -0.321 e. The lowest BCUT2D eigenvalue weighted by atomic mass is 10.1. The number of para-hydroxylation sites is 2. The number of hydrogen-bond donors (Lipinski definition) is 1. The Morgan fingerprint density at radius 2 is 1.33 bits per heavy atom. The average molecular weight is 475 g/mol. The van der Waals surface area contributed by atoms with E-state index in [1.165, 1.54) is 19.2 Å². The summed E-state index contributed by atoms with van der Waals surface area (Å²) in [4.78, 5) is 15.4. The molecule has 1 N–H and O–H groups in total. The fourth-order valence-corrected chi connectivity index (χ4v) is 5.44. The highest BCUT2D eigenvalue weighted by Crippen LogP contribution is 2.34. The second kappa shape index (κ2) is 9.94. The Labute approximate surface area is 198 Å². The van der Waals surface area contributed by atoms with Gasteiger partial charge < -0.3 is 5.32 Å². The quantitative estimate of drug-likeness (QED) is 0.361. The molecule has 4 aromatic carbocycles. The summed E-state index contributed by atoms with van der Waals surface area (Å²) in [5.74, 6) is -0.387. The Morgan fingerprint density at radius 3 is 2.06 bits per heavy atom. The summed E-state index contributed by atoms with van der Waals surface area (Å²) < 4.78 is 27.4. The zero-order chi connectivity index (χ0) is 23.3. The molecule has 4 aromatic rings. The molecule has 0 fully saturated rings. The number of anilines is 2. The number of nitrogens with zero attached hydrogens (tertiary/aromatic N) is 1. The molecular weight excluding hydrogens is 452 g/mol. The Hall–Kier alpha value is -3.55. The molecule has 0 spiro atoms. The maximum Gasteiger partial charge on any atom is 0.264 e. The number of amides is 1. The molecule has 33 heavy (non-hydrogen) atoms. The molecule has 0 heterocycles. The fourth-order valence-electron chi connectivity index (χ4n) is 3.28. The van der Waals surface area contributed by atoms with Crippen molar-refractivity contribution in [2.45, 2.75) is 14.7 Å². The lowest BCUT2D eigenvalue weighted by molar-refractivity contribution is 0.102. The molecule has 7 heteroatoms. The van der Waals surface area contributed by atoms with Crippen LogP contribution in [0, 0.1) is 0 Å². The van der Waals surface area contributed by atoms with Gasteiger partial charge in [0.2, 0.25) is 0 Å². The fraction of sp³-hybridized carbons (Fsp3) is 0.0385. The van der Waals surface area contributed by atoms with Gasteiger partial charge in [-0.05, 0) is 48.5 Å². The molecule has 0 saturated heterocycles. The van der Waals surface area contributed by atoms with Crippen molar-refractivity contribution in [2.24, 2.45) is 0 Å². The summed E-state index contributed by atoms with van der Waals surface area (Å²) in [5, 5.41) is 2.95. The van der Waals surface area contributed by atoms with Crippen molar-refractivity contribution in [3.05, 3.63) is 115 Å². The maximum absolute atomic E-state index is 13.3. The van der Waals surface area contributed by atoms with E-state index < -0.39 is 10.0 Å². The number of carbonyl (C=O) groups is 1. The zero-order valence-corrected chi connectivity index (χ0v) is 19.5. The van der Waals surface area contributed by atoms with Gasteiger partial charge >= 0.3 is 0 Å². The minimum atomic E-state index is -3.82. The second-order valence-corrected chi connectivity index (χ2v) is 10.3. The van der Waals surface area contributed by atoms with Gasteiger partial charge in [0.25, 0.3) is 15.9 Å². The molecule has 0 saturated carbocycles. The van der Waals surface area contributed by atoms with E-state index in [0.717, 1.165) is 14.1 Å². The van der Waals surface area contributed by atoms with Gasteiger partial charge in [0, 0.05) is 16.8 Å². The van der Waals surface area contributed by atoms with Crippen molar-refractivity contribution >= 4 is 39.1 Å². The van der Waals surface area contributed by atoms with Crippen LogP contribution in [0.2, 0.25) is 0 Å². The molecule has 0 aliphatic rings. The highest BCUT2D eigenvalue weighted by Gasteiger charge is 2.25. The van der Waals surface area contributed by atoms with Gasteiger partial charge in [-0.2, -0.15) is 0 Å². The molecule has 0 aromatic heterocycles. The zero-order valence-electron chi connectivity index (χ0n) is 17.9. The van der Waals surface area contributed by atoms with Gasteiger partial charge in [-0.25, -0.2) is 8.42 Å². The Bertz CT molecular complexity index is 1360. The lowest BCUT2D eigenvalue weighted by Gasteiger charge is -2.22. The van der Waals surface area contributed by atoms with Crippen molar-refractivity contribution in [3.8, 4) is 0 Å². The summed E-state index contributed by atoms with van der Waals surface area (Å²) in [6, 6.07) is 32.2. The average Bonchev–Trinajstić information content (AvgIpc) is 2.86. The van der Waals surface area contributed by atoms with Crippen LogP contribution in [0.5, 0.6) is 0 Å². The summed E-state index contributed by atoms with van der Waals surface area (Å²) in [7, 11) is -2.37. The van der Waals surface area contributed by atoms with Crippen molar-refractivity contribution < 1.29 is 13.2 Å². The highest BCUT2D eigenvalue weighted by molar-refractivity contribution is 7.99. The van der Waals surface area contributed by atoms with Gasteiger partial charge in [0.05, 0.1) is 21.8 Å². The molecule has 0 atom stereocenters. The first-order valence-electron chi connectivity index (χ1n) is 10.2. The van der Waals surface area contributed by atoms with Crippen molar-refractivity contribution in [1.29, 1.82) is 0 Å². The van der Waals surface area contributed by atoms with Crippen LogP contribution in [0.15, 0.2) is 124 Å². The number of sulfonamides is 1. The summed E-state index contributed by atoms with van der Waals surface area (Å²) in [6.07, 6.45) is 0. The van der Waals surface area contributed by atoms with Crippen LogP contribution in [0.25, 0.3) is 0 Å². The topological polar surface area (TPSA) is 66.5 Å². The Kier molecular flexibility index (Phi) is 6.82. The Balaban J connectivity index is 1.63. The number of nitrogens with one attached hydrogen (secondary N) is 1. The smallest absolute Gasteiger partial charge is 0.264 e. The SMILES string of the molecule is CN(c1ccccc1C(=O)Nc1ccccc1Sc1ccccc1)S(=O)(=O)c1ccccc1. The molecule has 0 radical (unpaired) electrons. The lowest BCUT2D eigenvalue weighted by Crippen LogP contribution is -2.29. The molecule has 5 nitrogen and oxygen atoms in total. The summed E-state index contributed by atoms with van der Waals surface area (Å²) in [6.45, 7) is 0. The predicted molar refractivity (Wildman–Crippen MR) is 133 cm³/mol. The predicted octanol–water partition coefficient (Wildman–Crippen LogP) is 5.92. The van der Waals surface area contributed by atoms with Crippen LogP contribution < -0.4 is 9.62 Å². The number of rotatable bonds is 7. The van der Waals surface area contributed by atoms with Crippen LogP contribution in [0.1, 0.15) is 10.4 Å². The molecule has 0 bridgehead atoms. The van der Waals surface area contributed by atoms with Gasteiger partial charge in [-0.3, -0.25) is 9.10 Å².